The van der Waals surface area contributed by atoms with Gasteiger partial charge in [0.2, 0.25) is 0 Å². The first kappa shape index (κ1) is 10.1. The van der Waals surface area contributed by atoms with E-state index < -0.39 is 17.5 Å². The first-order chi connectivity index (χ1) is 6.34. The number of allylic oxidation sites excluding steroid dienone is 1. The molecular formula is C10H10O2Zn. The van der Waals surface area contributed by atoms with E-state index in [0.29, 0.717) is 5.56 Å². The van der Waals surface area contributed by atoms with E-state index in [2.05, 4.69) is 6.58 Å². The van der Waals surface area contributed by atoms with Crippen molar-refractivity contribution in [2.24, 2.45) is 0 Å². The molecule has 0 saturated heterocycles. The summed E-state index contributed by atoms with van der Waals surface area (Å²) in [6, 6.07) is 9.06. The summed E-state index contributed by atoms with van der Waals surface area (Å²) in [5.41, 5.74) is 0.636. The number of rotatable bonds is 4. The maximum absolute atomic E-state index is 11.3. The van der Waals surface area contributed by atoms with Crippen molar-refractivity contribution in [3.8, 4) is 0 Å². The first-order valence-electron chi connectivity index (χ1n) is 4.17. The Morgan fingerprint density at radius 2 is 2.15 bits per heavy atom. The third kappa shape index (κ3) is 3.52. The van der Waals surface area contributed by atoms with Crippen molar-refractivity contribution in [3.63, 3.8) is 0 Å². The molecule has 1 aromatic carbocycles. The van der Waals surface area contributed by atoms with Gasteiger partial charge in [-0.25, -0.2) is 0 Å². The van der Waals surface area contributed by atoms with E-state index in [0.717, 1.165) is 5.02 Å². The van der Waals surface area contributed by atoms with Gasteiger partial charge < -0.3 is 0 Å². The normalized spacial score (nSPS) is 8.62. The topological polar surface area (TPSA) is 26.3 Å². The van der Waals surface area contributed by atoms with Crippen molar-refractivity contribution in [2.75, 3.05) is 0 Å². The molecule has 1 aromatic rings. The number of hydrogen-bond acceptors (Lipinski definition) is 2. The van der Waals surface area contributed by atoms with Crippen LogP contribution in [0, 0.1) is 0 Å². The molecule has 0 amide bonds. The second-order valence-corrected chi connectivity index (χ2v) is 5.25. The monoisotopic (exact) mass is 226 g/mol. The van der Waals surface area contributed by atoms with Crippen molar-refractivity contribution >= 4 is 5.97 Å². The summed E-state index contributed by atoms with van der Waals surface area (Å²) < 4.78 is 5.15. The standard InChI is InChI=1S/C7H6O2.C3H5.Zn/c8-7(9)6-4-2-1-3-5-6;1-3-2;/h1-5H,(H,8,9);3H,1-2H2;/q;;+1/p-1. The summed E-state index contributed by atoms with van der Waals surface area (Å²) in [6.45, 7) is 3.59. The zero-order valence-corrected chi connectivity index (χ0v) is 10.4. The van der Waals surface area contributed by atoms with Crippen LogP contribution in [0.3, 0.4) is 0 Å². The second kappa shape index (κ2) is 5.66. The molecule has 0 N–H and O–H groups in total. The molecule has 1 rings (SSSR count). The van der Waals surface area contributed by atoms with Crippen LogP contribution < -0.4 is 0 Å². The summed E-state index contributed by atoms with van der Waals surface area (Å²) in [6.07, 6.45) is 1.80. The van der Waals surface area contributed by atoms with Crippen LogP contribution in [0.1, 0.15) is 10.4 Å². The minimum atomic E-state index is -1.15. The van der Waals surface area contributed by atoms with E-state index in [1.807, 2.05) is 18.2 Å². The molecule has 0 bridgehead atoms. The Morgan fingerprint density at radius 3 is 2.77 bits per heavy atom. The Balaban J connectivity index is 2.45. The Morgan fingerprint density at radius 1 is 1.46 bits per heavy atom. The number of carbonyl (C=O) groups excluding carboxylic acids is 1. The third-order valence-corrected chi connectivity index (χ3v) is 3.89. The van der Waals surface area contributed by atoms with Crippen LogP contribution in [0.2, 0.25) is 5.02 Å². The summed E-state index contributed by atoms with van der Waals surface area (Å²) >= 11 is -1.15. The zero-order chi connectivity index (χ0) is 9.52. The average molecular weight is 228 g/mol. The molecule has 2 nitrogen and oxygen atoms in total. The van der Waals surface area contributed by atoms with Gasteiger partial charge in [-0.2, -0.15) is 0 Å². The van der Waals surface area contributed by atoms with Crippen molar-refractivity contribution in [3.05, 3.63) is 48.6 Å². The molecule has 0 aromatic heterocycles. The summed E-state index contributed by atoms with van der Waals surface area (Å²) in [4.78, 5) is 11.3. The fourth-order valence-electron chi connectivity index (χ4n) is 0.893. The molecule has 3 heteroatoms. The quantitative estimate of drug-likeness (QED) is 0.449. The maximum atomic E-state index is 11.3. The van der Waals surface area contributed by atoms with Crippen LogP contribution >= 0.6 is 0 Å². The molecule has 0 saturated carbocycles. The van der Waals surface area contributed by atoms with Crippen molar-refractivity contribution in [1.82, 2.24) is 0 Å². The van der Waals surface area contributed by atoms with Gasteiger partial charge in [0.15, 0.2) is 0 Å². The Hall–Kier alpha value is -0.947. The Bertz CT molecular complexity index is 282. The van der Waals surface area contributed by atoms with Gasteiger partial charge in [0, 0.05) is 0 Å². The molecule has 0 fully saturated rings. The van der Waals surface area contributed by atoms with E-state index in [4.69, 9.17) is 3.56 Å². The second-order valence-electron chi connectivity index (χ2n) is 2.58. The molecule has 0 aliphatic rings. The van der Waals surface area contributed by atoms with Gasteiger partial charge >= 0.3 is 85.4 Å². The summed E-state index contributed by atoms with van der Waals surface area (Å²) in [5.74, 6) is -0.192. The van der Waals surface area contributed by atoms with Crippen LogP contribution in [-0.4, -0.2) is 5.97 Å². The number of hydrogen-bond donors (Lipinski definition) is 0. The molecule has 0 aliphatic carbocycles. The fourth-order valence-corrected chi connectivity index (χ4v) is 2.23. The van der Waals surface area contributed by atoms with Gasteiger partial charge in [-0.3, -0.25) is 0 Å². The first-order valence-corrected chi connectivity index (χ1v) is 7.48. The van der Waals surface area contributed by atoms with Crippen LogP contribution in [0.5, 0.6) is 0 Å². The number of carbonyl (C=O) groups is 1. The van der Waals surface area contributed by atoms with Gasteiger partial charge in [0.05, 0.1) is 0 Å². The molecule has 0 radical (unpaired) electrons. The molecule has 0 unspecified atom stereocenters. The van der Waals surface area contributed by atoms with Crippen molar-refractivity contribution < 1.29 is 25.8 Å². The van der Waals surface area contributed by atoms with Gasteiger partial charge in [-0.1, -0.05) is 0 Å². The van der Waals surface area contributed by atoms with Gasteiger partial charge in [0.25, 0.3) is 0 Å². The average Bonchev–Trinajstić information content (AvgIpc) is 2.19. The molecular weight excluding hydrogens is 217 g/mol. The molecule has 13 heavy (non-hydrogen) atoms. The van der Waals surface area contributed by atoms with E-state index >= 15 is 0 Å². The van der Waals surface area contributed by atoms with E-state index in [1.54, 1.807) is 18.2 Å². The molecule has 0 spiro atoms. The molecule has 0 atom stereocenters. The third-order valence-electron chi connectivity index (χ3n) is 1.56. The van der Waals surface area contributed by atoms with Crippen LogP contribution in [0.15, 0.2) is 43.0 Å². The summed E-state index contributed by atoms with van der Waals surface area (Å²) in [5, 5.41) is 0.881. The molecule has 0 heterocycles. The van der Waals surface area contributed by atoms with Crippen molar-refractivity contribution in [1.29, 1.82) is 0 Å². The van der Waals surface area contributed by atoms with Crippen LogP contribution in [-0.2, 0) is 21.1 Å². The number of benzene rings is 1. The Labute approximate surface area is 85.6 Å². The van der Waals surface area contributed by atoms with Crippen LogP contribution in [0.25, 0.3) is 0 Å². The van der Waals surface area contributed by atoms with Gasteiger partial charge in [-0.05, 0) is 0 Å². The van der Waals surface area contributed by atoms with Gasteiger partial charge in [-0.15, -0.1) is 0 Å². The van der Waals surface area contributed by atoms with E-state index in [-0.39, 0.29) is 5.97 Å². The van der Waals surface area contributed by atoms with Gasteiger partial charge in [0.1, 0.15) is 0 Å². The van der Waals surface area contributed by atoms with E-state index in [1.165, 1.54) is 0 Å². The predicted octanol–water partition coefficient (Wildman–Crippen LogP) is 2.45. The van der Waals surface area contributed by atoms with E-state index in [9.17, 15) is 4.79 Å². The fraction of sp³-hybridized carbons (Fsp3) is 0.100. The zero-order valence-electron chi connectivity index (χ0n) is 7.40. The predicted molar refractivity (Wildman–Crippen MR) is 46.9 cm³/mol. The van der Waals surface area contributed by atoms with Crippen LogP contribution in [0.4, 0.5) is 0 Å². The molecule has 64 valence electrons. The Kier molecular flexibility index (Phi) is 4.41. The summed E-state index contributed by atoms with van der Waals surface area (Å²) in [7, 11) is 0. The minimum absolute atomic E-state index is 0.192. The van der Waals surface area contributed by atoms with Crippen molar-refractivity contribution in [2.45, 2.75) is 5.02 Å². The molecule has 0 aliphatic heterocycles. The SMILES string of the molecule is C=C[CH2][Zn][O]C(=O)c1ccccc1.